The van der Waals surface area contributed by atoms with E-state index in [9.17, 15) is 9.59 Å². The lowest BCUT2D eigenvalue weighted by atomic mass is 9.93. The van der Waals surface area contributed by atoms with Gasteiger partial charge >= 0.3 is 5.97 Å². The molecule has 5 rings (SSSR count). The molecule has 3 aromatic rings. The molecular weight excluding hydrogens is 528 g/mol. The number of methoxy groups -OCH3 is 1. The normalized spacial score (nSPS) is 16.6. The minimum Gasteiger partial charge on any atom is -0.496 e. The van der Waals surface area contributed by atoms with Gasteiger partial charge in [0, 0.05) is 10.6 Å². The summed E-state index contributed by atoms with van der Waals surface area (Å²) in [7, 11) is 1.54. The van der Waals surface area contributed by atoms with Gasteiger partial charge in [0.25, 0.3) is 5.56 Å². The van der Waals surface area contributed by atoms with Crippen LogP contribution in [-0.2, 0) is 9.53 Å². The van der Waals surface area contributed by atoms with Gasteiger partial charge in [0.15, 0.2) is 16.3 Å². The number of aromatic nitrogens is 1. The first-order valence-corrected chi connectivity index (χ1v) is 13.6. The van der Waals surface area contributed by atoms with Gasteiger partial charge in [-0.15, -0.1) is 0 Å². The standard InChI is InChI=1S/C28H27ClN2O6S/c1-4-6-19-24(27(33)35-5-2)25(18-15-17(29)8-10-20(18)34-3)31-26(32)23(38-28(31)30-19)14-16-7-9-21-22(13-16)37-12-11-36-21/h7-10,13-15,25H,4-6,11-12H2,1-3H3/b23-14+/t25-/m1/s1. The molecule has 0 amide bonds. The third kappa shape index (κ3) is 4.83. The fourth-order valence-electron chi connectivity index (χ4n) is 4.64. The minimum absolute atomic E-state index is 0.190. The number of halogens is 1. The first kappa shape index (κ1) is 26.1. The number of allylic oxidation sites excluding steroid dienone is 1. The molecule has 8 nitrogen and oxygen atoms in total. The smallest absolute Gasteiger partial charge is 0.338 e. The first-order chi connectivity index (χ1) is 18.4. The summed E-state index contributed by atoms with van der Waals surface area (Å²) in [5, 5.41) is 0.455. The SMILES string of the molecule is CCCC1=C(C(=O)OCC)[C@@H](c2cc(Cl)ccc2OC)n2c(s/c(=C/c3ccc4c(c3)OCCO4)c2=O)=N1. The van der Waals surface area contributed by atoms with Crippen LogP contribution in [0.1, 0.15) is 43.9 Å². The molecule has 38 heavy (non-hydrogen) atoms. The highest BCUT2D eigenvalue weighted by Gasteiger charge is 2.36. The number of rotatable bonds is 7. The van der Waals surface area contributed by atoms with Gasteiger partial charge in [-0.2, -0.15) is 0 Å². The zero-order valence-corrected chi connectivity index (χ0v) is 22.9. The Labute approximate surface area is 228 Å². The van der Waals surface area contributed by atoms with E-state index in [1.54, 1.807) is 38.3 Å². The number of carbonyl (C=O) groups excluding carboxylic acids is 1. The second-order valence-corrected chi connectivity index (χ2v) is 10.1. The molecule has 3 heterocycles. The van der Waals surface area contributed by atoms with Crippen LogP contribution in [0.25, 0.3) is 6.08 Å². The predicted molar refractivity (Wildman–Crippen MR) is 145 cm³/mol. The molecule has 10 heteroatoms. The molecule has 2 aromatic carbocycles. The van der Waals surface area contributed by atoms with Crippen molar-refractivity contribution >= 4 is 35.0 Å². The topological polar surface area (TPSA) is 88.4 Å². The van der Waals surface area contributed by atoms with Crippen molar-refractivity contribution < 1.29 is 23.7 Å². The monoisotopic (exact) mass is 554 g/mol. The van der Waals surface area contributed by atoms with E-state index < -0.39 is 12.0 Å². The summed E-state index contributed by atoms with van der Waals surface area (Å²) >= 11 is 7.66. The zero-order valence-electron chi connectivity index (χ0n) is 21.3. The van der Waals surface area contributed by atoms with Gasteiger partial charge in [0.05, 0.1) is 29.5 Å². The highest BCUT2D eigenvalue weighted by Crippen LogP contribution is 2.38. The van der Waals surface area contributed by atoms with Crippen molar-refractivity contribution in [2.75, 3.05) is 26.9 Å². The van der Waals surface area contributed by atoms with E-state index in [0.29, 0.717) is 68.1 Å². The number of thiazole rings is 1. The molecule has 0 unspecified atom stereocenters. The van der Waals surface area contributed by atoms with Crippen LogP contribution in [0.4, 0.5) is 0 Å². The second-order valence-electron chi connectivity index (χ2n) is 8.70. The molecule has 2 aliphatic heterocycles. The molecule has 0 N–H and O–H groups in total. The van der Waals surface area contributed by atoms with Gasteiger partial charge in [-0.1, -0.05) is 42.3 Å². The maximum Gasteiger partial charge on any atom is 0.338 e. The van der Waals surface area contributed by atoms with E-state index in [0.717, 1.165) is 12.0 Å². The van der Waals surface area contributed by atoms with Gasteiger partial charge in [-0.3, -0.25) is 9.36 Å². The summed E-state index contributed by atoms with van der Waals surface area (Å²) in [6, 6.07) is 9.88. The lowest BCUT2D eigenvalue weighted by molar-refractivity contribution is -0.139. The van der Waals surface area contributed by atoms with Gasteiger partial charge in [-0.25, -0.2) is 9.79 Å². The van der Waals surface area contributed by atoms with Crippen molar-refractivity contribution in [1.29, 1.82) is 0 Å². The molecule has 0 saturated heterocycles. The van der Waals surface area contributed by atoms with Gasteiger partial charge in [0.2, 0.25) is 0 Å². The molecule has 2 aliphatic rings. The third-order valence-electron chi connectivity index (χ3n) is 6.24. The zero-order chi connectivity index (χ0) is 26.8. The molecule has 0 saturated carbocycles. The molecule has 198 valence electrons. The Morgan fingerprint density at radius 3 is 2.71 bits per heavy atom. The van der Waals surface area contributed by atoms with Crippen molar-refractivity contribution in [2.24, 2.45) is 4.99 Å². The fourth-order valence-corrected chi connectivity index (χ4v) is 5.84. The number of nitrogens with zero attached hydrogens (tertiary/aromatic N) is 2. The molecule has 0 radical (unpaired) electrons. The molecule has 0 fully saturated rings. The van der Waals surface area contributed by atoms with Gasteiger partial charge in [0.1, 0.15) is 25.0 Å². The number of esters is 1. The van der Waals surface area contributed by atoms with E-state index in [4.69, 9.17) is 35.5 Å². The average molecular weight is 555 g/mol. The second kappa shape index (κ2) is 11.0. The van der Waals surface area contributed by atoms with Gasteiger partial charge in [-0.05, 0) is 55.3 Å². The highest BCUT2D eigenvalue weighted by molar-refractivity contribution is 7.07. The quantitative estimate of drug-likeness (QED) is 0.410. The fraction of sp³-hybridized carbons (Fsp3) is 0.321. The van der Waals surface area contributed by atoms with E-state index in [-0.39, 0.29) is 12.2 Å². The first-order valence-electron chi connectivity index (χ1n) is 12.4. The van der Waals surface area contributed by atoms with Crippen molar-refractivity contribution in [2.45, 2.75) is 32.7 Å². The number of fused-ring (bicyclic) bond motifs is 2. The van der Waals surface area contributed by atoms with Crippen molar-refractivity contribution in [1.82, 2.24) is 4.57 Å². The summed E-state index contributed by atoms with van der Waals surface area (Å²) in [4.78, 5) is 32.6. The van der Waals surface area contributed by atoms with E-state index in [2.05, 4.69) is 0 Å². The number of carbonyl (C=O) groups is 1. The summed E-state index contributed by atoms with van der Waals surface area (Å²) in [5.74, 6) is 1.29. The Hall–Kier alpha value is -3.56. The molecule has 0 aliphatic carbocycles. The minimum atomic E-state index is -0.817. The van der Waals surface area contributed by atoms with Gasteiger partial charge < -0.3 is 18.9 Å². The Morgan fingerprint density at radius 1 is 1.18 bits per heavy atom. The van der Waals surface area contributed by atoms with Crippen LogP contribution in [0.2, 0.25) is 5.02 Å². The number of hydrogen-bond acceptors (Lipinski definition) is 8. The Morgan fingerprint density at radius 2 is 1.97 bits per heavy atom. The largest absolute Gasteiger partial charge is 0.496 e. The third-order valence-corrected chi connectivity index (χ3v) is 7.46. The van der Waals surface area contributed by atoms with Crippen LogP contribution in [0.5, 0.6) is 17.2 Å². The van der Waals surface area contributed by atoms with Crippen LogP contribution in [0, 0.1) is 0 Å². The number of benzene rings is 2. The van der Waals surface area contributed by atoms with E-state index >= 15 is 0 Å². The van der Waals surface area contributed by atoms with E-state index in [1.165, 1.54) is 15.9 Å². The maximum absolute atomic E-state index is 13.9. The lowest BCUT2D eigenvalue weighted by Gasteiger charge is -2.27. The van der Waals surface area contributed by atoms with Crippen LogP contribution < -0.4 is 29.1 Å². The molecular formula is C28H27ClN2O6S. The highest BCUT2D eigenvalue weighted by atomic mass is 35.5. The summed E-state index contributed by atoms with van der Waals surface area (Å²) in [6.07, 6.45) is 3.09. The maximum atomic E-state index is 13.9. The lowest BCUT2D eigenvalue weighted by Crippen LogP contribution is -2.40. The number of ether oxygens (including phenoxy) is 4. The van der Waals surface area contributed by atoms with Crippen molar-refractivity contribution in [3.63, 3.8) is 0 Å². The average Bonchev–Trinajstić information content (AvgIpc) is 3.22. The predicted octanol–water partition coefficient (Wildman–Crippen LogP) is 4.01. The molecule has 1 aromatic heterocycles. The van der Waals surface area contributed by atoms with Crippen molar-refractivity contribution in [3.8, 4) is 17.2 Å². The molecule has 0 bridgehead atoms. The van der Waals surface area contributed by atoms with Crippen LogP contribution in [0.15, 0.2) is 57.5 Å². The van der Waals surface area contributed by atoms with Crippen molar-refractivity contribution in [3.05, 3.63) is 83.5 Å². The number of hydrogen-bond donors (Lipinski definition) is 0. The molecule has 0 spiro atoms. The summed E-state index contributed by atoms with van der Waals surface area (Å²) < 4.78 is 24.4. The van der Waals surface area contributed by atoms with Crippen LogP contribution >= 0.6 is 22.9 Å². The van der Waals surface area contributed by atoms with Crippen LogP contribution in [-0.4, -0.2) is 37.5 Å². The Balaban J connectivity index is 1.75. The summed E-state index contributed by atoms with van der Waals surface area (Å²) in [6.45, 7) is 4.92. The summed E-state index contributed by atoms with van der Waals surface area (Å²) in [5.41, 5.74) is 1.99. The van der Waals surface area contributed by atoms with Crippen LogP contribution in [0.3, 0.4) is 0 Å². The van der Waals surface area contributed by atoms with E-state index in [1.807, 2.05) is 25.1 Å². The Bertz CT molecular complexity index is 1610. The molecule has 1 atom stereocenters. The Kier molecular flexibility index (Phi) is 7.58.